The van der Waals surface area contributed by atoms with Gasteiger partial charge in [0.25, 0.3) is 0 Å². The van der Waals surface area contributed by atoms with Crippen LogP contribution < -0.4 is 3.53 Å². The molecule has 0 heterocycles. The average molecular weight is 257 g/mol. The number of rotatable bonds is 1. The zero-order chi connectivity index (χ0) is 7.56. The van der Waals surface area contributed by atoms with E-state index in [0.29, 0.717) is 6.42 Å². The van der Waals surface area contributed by atoms with E-state index >= 15 is 0 Å². The minimum Gasteiger partial charge on any atom is -0.393 e. The molecule has 1 rings (SSSR count). The maximum absolute atomic E-state index is 9.18. The fourth-order valence-electron chi connectivity index (χ4n) is 1.35. The number of aliphatic hydroxyl groups excluding tert-OH is 2. The van der Waals surface area contributed by atoms with Gasteiger partial charge in [-0.25, -0.2) is 0 Å². The van der Waals surface area contributed by atoms with Gasteiger partial charge in [0, 0.05) is 28.9 Å². The van der Waals surface area contributed by atoms with Gasteiger partial charge in [-0.1, -0.05) is 0 Å². The number of hydrogen-bond donors (Lipinski definition) is 3. The Hall–Kier alpha value is 0.610. The molecule has 0 aliphatic heterocycles. The van der Waals surface area contributed by atoms with Crippen LogP contribution in [0, 0.1) is 0 Å². The van der Waals surface area contributed by atoms with Crippen LogP contribution >= 0.6 is 22.9 Å². The fourth-order valence-corrected chi connectivity index (χ4v) is 1.86. The van der Waals surface area contributed by atoms with Crippen LogP contribution in [0.3, 0.4) is 0 Å². The van der Waals surface area contributed by atoms with Crippen molar-refractivity contribution in [1.82, 2.24) is 3.53 Å². The predicted octanol–water partition coefficient (Wildman–Crippen LogP) is 0.200. The van der Waals surface area contributed by atoms with E-state index in [1.54, 1.807) is 0 Å². The Morgan fingerprint density at radius 1 is 1.10 bits per heavy atom. The molecule has 1 aliphatic carbocycles. The summed E-state index contributed by atoms with van der Waals surface area (Å²) in [6.07, 6.45) is 1.42. The molecule has 60 valence electrons. The molecule has 3 nitrogen and oxygen atoms in total. The van der Waals surface area contributed by atoms with Crippen molar-refractivity contribution in [1.29, 1.82) is 0 Å². The smallest absolute Gasteiger partial charge is 0.0580 e. The monoisotopic (exact) mass is 257 g/mol. The van der Waals surface area contributed by atoms with E-state index in [4.69, 9.17) is 0 Å². The molecule has 0 amide bonds. The Kier molecular flexibility index (Phi) is 3.35. The first-order valence-electron chi connectivity index (χ1n) is 3.44. The van der Waals surface area contributed by atoms with E-state index in [9.17, 15) is 10.2 Å². The maximum Gasteiger partial charge on any atom is 0.0580 e. The van der Waals surface area contributed by atoms with Crippen molar-refractivity contribution in [3.63, 3.8) is 0 Å². The second kappa shape index (κ2) is 3.85. The van der Waals surface area contributed by atoms with E-state index in [1.165, 1.54) is 0 Å². The number of halogens is 1. The van der Waals surface area contributed by atoms with E-state index in [2.05, 4.69) is 26.4 Å². The molecule has 0 saturated heterocycles. The summed E-state index contributed by atoms with van der Waals surface area (Å²) in [5.41, 5.74) is 0. The highest BCUT2D eigenvalue weighted by atomic mass is 127. The molecule has 1 saturated carbocycles. The molecule has 2 atom stereocenters. The van der Waals surface area contributed by atoms with Gasteiger partial charge in [-0.2, -0.15) is 0 Å². The van der Waals surface area contributed by atoms with Crippen LogP contribution in [0.4, 0.5) is 0 Å². The summed E-state index contributed by atoms with van der Waals surface area (Å²) in [4.78, 5) is 0. The summed E-state index contributed by atoms with van der Waals surface area (Å²) in [7, 11) is 0. The lowest BCUT2D eigenvalue weighted by Gasteiger charge is -2.28. The first-order chi connectivity index (χ1) is 4.72. The van der Waals surface area contributed by atoms with E-state index < -0.39 is 0 Å². The largest absolute Gasteiger partial charge is 0.393 e. The summed E-state index contributed by atoms with van der Waals surface area (Å²) < 4.78 is 3.01. The molecule has 10 heavy (non-hydrogen) atoms. The van der Waals surface area contributed by atoms with Crippen molar-refractivity contribution in [2.75, 3.05) is 0 Å². The zero-order valence-corrected chi connectivity index (χ0v) is 7.78. The van der Waals surface area contributed by atoms with E-state index in [1.807, 2.05) is 0 Å². The molecule has 0 bridgehead atoms. The SMILES string of the molecule is OC1CC(O)CC(NI)C1. The van der Waals surface area contributed by atoms with Crippen LogP contribution in [0.5, 0.6) is 0 Å². The second-order valence-corrected chi connectivity index (χ2v) is 3.44. The molecule has 0 spiro atoms. The van der Waals surface area contributed by atoms with Crippen molar-refractivity contribution < 1.29 is 10.2 Å². The minimum absolute atomic E-state index is 0.277. The molecule has 3 N–H and O–H groups in total. The van der Waals surface area contributed by atoms with Gasteiger partial charge >= 0.3 is 0 Å². The van der Waals surface area contributed by atoms with Crippen LogP contribution in [0.1, 0.15) is 19.3 Å². The van der Waals surface area contributed by atoms with Crippen molar-refractivity contribution in [3.05, 3.63) is 0 Å². The molecule has 1 aliphatic rings. The summed E-state index contributed by atoms with van der Waals surface area (Å²) in [6, 6.07) is 0.277. The third-order valence-electron chi connectivity index (χ3n) is 1.81. The molecule has 2 unspecified atom stereocenters. The normalized spacial score (nSPS) is 41.7. The van der Waals surface area contributed by atoms with E-state index in [-0.39, 0.29) is 18.2 Å². The minimum atomic E-state index is -0.323. The van der Waals surface area contributed by atoms with Gasteiger partial charge in [0.1, 0.15) is 0 Å². The highest BCUT2D eigenvalue weighted by Crippen LogP contribution is 2.19. The molecule has 0 radical (unpaired) electrons. The average Bonchev–Trinajstić information content (AvgIpc) is 1.85. The lowest BCUT2D eigenvalue weighted by molar-refractivity contribution is 0.0304. The molecule has 0 aromatic heterocycles. The van der Waals surface area contributed by atoms with Crippen LogP contribution in [0.2, 0.25) is 0 Å². The second-order valence-electron chi connectivity index (χ2n) is 2.82. The number of nitrogens with one attached hydrogen (secondary N) is 1. The molecular formula is C6H12INO2. The summed E-state index contributed by atoms with van der Waals surface area (Å²) in [5, 5.41) is 18.4. The van der Waals surface area contributed by atoms with Gasteiger partial charge in [0.05, 0.1) is 12.2 Å². The third kappa shape index (κ3) is 2.34. The maximum atomic E-state index is 9.18. The van der Waals surface area contributed by atoms with Crippen molar-refractivity contribution in [2.24, 2.45) is 0 Å². The van der Waals surface area contributed by atoms with Crippen molar-refractivity contribution >= 4 is 22.9 Å². The van der Waals surface area contributed by atoms with Gasteiger partial charge in [-0.3, -0.25) is 3.53 Å². The first kappa shape index (κ1) is 8.70. The highest BCUT2D eigenvalue weighted by Gasteiger charge is 2.25. The Labute approximate surface area is 74.3 Å². The Morgan fingerprint density at radius 3 is 2.00 bits per heavy atom. The summed E-state index contributed by atoms with van der Waals surface area (Å²) in [5.74, 6) is 0. The lowest BCUT2D eigenvalue weighted by Crippen LogP contribution is -2.37. The fraction of sp³-hybridized carbons (Fsp3) is 1.00. The van der Waals surface area contributed by atoms with Crippen molar-refractivity contribution in [3.8, 4) is 0 Å². The van der Waals surface area contributed by atoms with Crippen LogP contribution in [-0.4, -0.2) is 28.5 Å². The zero-order valence-electron chi connectivity index (χ0n) is 5.63. The Bertz CT molecular complexity index is 102. The van der Waals surface area contributed by atoms with Crippen LogP contribution in [-0.2, 0) is 0 Å². The first-order valence-corrected chi connectivity index (χ1v) is 4.52. The van der Waals surface area contributed by atoms with Crippen molar-refractivity contribution in [2.45, 2.75) is 37.5 Å². The summed E-state index contributed by atoms with van der Waals surface area (Å²) >= 11 is 2.05. The van der Waals surface area contributed by atoms with Gasteiger partial charge in [0.2, 0.25) is 0 Å². The van der Waals surface area contributed by atoms with Gasteiger partial charge in [-0.05, 0) is 19.3 Å². The van der Waals surface area contributed by atoms with Crippen LogP contribution in [0.25, 0.3) is 0 Å². The third-order valence-corrected chi connectivity index (χ3v) is 2.69. The molecule has 0 aromatic rings. The number of aliphatic hydroxyl groups is 2. The highest BCUT2D eigenvalue weighted by molar-refractivity contribution is 14.1. The summed E-state index contributed by atoms with van der Waals surface area (Å²) in [6.45, 7) is 0. The standard InChI is InChI=1S/C6H12INO2/c7-8-4-1-5(9)3-6(10)2-4/h4-6,8-10H,1-3H2. The molecular weight excluding hydrogens is 245 g/mol. The van der Waals surface area contributed by atoms with Gasteiger partial charge in [0.15, 0.2) is 0 Å². The van der Waals surface area contributed by atoms with Crippen LogP contribution in [0.15, 0.2) is 0 Å². The Morgan fingerprint density at radius 2 is 1.60 bits per heavy atom. The topological polar surface area (TPSA) is 52.5 Å². The molecule has 1 fully saturated rings. The predicted molar refractivity (Wildman–Crippen MR) is 46.8 cm³/mol. The van der Waals surface area contributed by atoms with Gasteiger partial charge < -0.3 is 10.2 Å². The lowest BCUT2D eigenvalue weighted by atomic mass is 9.91. The quantitative estimate of drug-likeness (QED) is 0.464. The molecule has 0 aromatic carbocycles. The van der Waals surface area contributed by atoms with Gasteiger partial charge in [-0.15, -0.1) is 0 Å². The Balaban J connectivity index is 2.35. The number of hydrogen-bond acceptors (Lipinski definition) is 3. The van der Waals surface area contributed by atoms with E-state index in [0.717, 1.165) is 12.8 Å². The molecule has 4 heteroatoms.